The topological polar surface area (TPSA) is 40.5 Å². The molecule has 0 fully saturated rings. The highest BCUT2D eigenvalue weighted by molar-refractivity contribution is 6.90. The molecule has 0 spiro atoms. The summed E-state index contributed by atoms with van der Waals surface area (Å²) in [4.78, 5) is 0. The van der Waals surface area contributed by atoms with Crippen molar-refractivity contribution in [1.82, 2.24) is 0 Å². The summed E-state index contributed by atoms with van der Waals surface area (Å²) < 4.78 is 0. The molecule has 0 saturated carbocycles. The van der Waals surface area contributed by atoms with Crippen molar-refractivity contribution in [1.29, 1.82) is 0 Å². The molecule has 0 bridgehead atoms. The molecule has 0 amide bonds. The molecule has 2 nitrogen and oxygen atoms in total. The molecule has 0 heterocycles. The molecule has 0 saturated heterocycles. The maximum Gasteiger partial charge on any atom is 0.145 e. The Labute approximate surface area is 183 Å². The number of rotatable bonds is 14. The Morgan fingerprint density at radius 2 is 1.14 bits per heavy atom. The van der Waals surface area contributed by atoms with Crippen LogP contribution in [0, 0.1) is 23.3 Å². The van der Waals surface area contributed by atoms with Crippen molar-refractivity contribution in [3.05, 3.63) is 0 Å². The summed E-state index contributed by atoms with van der Waals surface area (Å²) in [5.41, 5.74) is 5.97. The zero-order chi connectivity index (χ0) is 22.1. The van der Waals surface area contributed by atoms with Crippen LogP contribution in [0.4, 0.5) is 0 Å². The van der Waals surface area contributed by atoms with Gasteiger partial charge in [-0.2, -0.15) is 0 Å². The van der Waals surface area contributed by atoms with Crippen LogP contribution in [0.1, 0.15) is 112 Å². The van der Waals surface area contributed by atoms with Gasteiger partial charge >= 0.3 is 0 Å². The van der Waals surface area contributed by atoms with Crippen molar-refractivity contribution in [3.8, 4) is 23.3 Å². The van der Waals surface area contributed by atoms with E-state index < -0.39 is 14.2 Å². The van der Waals surface area contributed by atoms with Crippen LogP contribution >= 0.6 is 0 Å². The van der Waals surface area contributed by atoms with E-state index in [1.165, 1.54) is 32.1 Å². The number of aliphatic hydroxyl groups excluding tert-OH is 2. The summed E-state index contributed by atoms with van der Waals surface area (Å²) in [6.45, 7) is 14.5. The minimum absolute atomic E-state index is 0.229. The van der Waals surface area contributed by atoms with Gasteiger partial charge in [0.2, 0.25) is 0 Å². The fourth-order valence-corrected chi connectivity index (χ4v) is 9.79. The average Bonchev–Trinajstić information content (AvgIpc) is 2.65. The van der Waals surface area contributed by atoms with Gasteiger partial charge in [-0.15, -0.1) is 17.4 Å². The van der Waals surface area contributed by atoms with E-state index in [2.05, 4.69) is 64.8 Å². The largest absolute Gasteiger partial charge is 0.396 e. The lowest BCUT2D eigenvalue weighted by Gasteiger charge is -2.38. The fraction of sp³-hybridized carbons (Fsp3) is 0.846. The molecule has 1 unspecified atom stereocenters. The number of aliphatic hydroxyl groups is 2. The lowest BCUT2D eigenvalue weighted by molar-refractivity contribution is 0.217. The molecule has 0 aromatic rings. The summed E-state index contributed by atoms with van der Waals surface area (Å²) in [6.07, 6.45) is 11.1. The van der Waals surface area contributed by atoms with Gasteiger partial charge in [0.25, 0.3) is 0 Å². The predicted molar refractivity (Wildman–Crippen MR) is 130 cm³/mol. The highest BCUT2D eigenvalue weighted by Crippen LogP contribution is 2.40. The molecule has 0 radical (unpaired) electrons. The smallest absolute Gasteiger partial charge is 0.145 e. The second kappa shape index (κ2) is 17.0. The van der Waals surface area contributed by atoms with Gasteiger partial charge in [-0.1, -0.05) is 73.1 Å². The van der Waals surface area contributed by atoms with Crippen molar-refractivity contribution >= 4 is 8.07 Å². The third-order valence-corrected chi connectivity index (χ3v) is 12.5. The van der Waals surface area contributed by atoms with Crippen LogP contribution in [0.25, 0.3) is 0 Å². The lowest BCUT2D eigenvalue weighted by atomic mass is 10.1. The molecule has 0 aromatic carbocycles. The van der Waals surface area contributed by atoms with Crippen molar-refractivity contribution in [2.45, 2.75) is 135 Å². The lowest BCUT2D eigenvalue weighted by Crippen LogP contribution is -2.43. The van der Waals surface area contributed by atoms with Crippen LogP contribution in [0.2, 0.25) is 16.6 Å². The zero-order valence-electron chi connectivity index (χ0n) is 20.2. The van der Waals surface area contributed by atoms with E-state index in [4.69, 9.17) is 5.11 Å². The van der Waals surface area contributed by atoms with Crippen LogP contribution < -0.4 is 0 Å². The second-order valence-corrected chi connectivity index (χ2v) is 15.0. The minimum atomic E-state index is -1.55. The highest BCUT2D eigenvalue weighted by Gasteiger charge is 2.41. The van der Waals surface area contributed by atoms with E-state index in [9.17, 15) is 5.11 Å². The Morgan fingerprint density at radius 3 is 1.69 bits per heavy atom. The Morgan fingerprint density at radius 1 is 0.655 bits per heavy atom. The molecule has 0 rings (SSSR count). The number of unbranched alkanes of at least 4 members (excludes halogenated alkanes) is 8. The molecule has 1 atom stereocenters. The van der Waals surface area contributed by atoms with Crippen molar-refractivity contribution in [2.24, 2.45) is 0 Å². The van der Waals surface area contributed by atoms with Crippen LogP contribution in [0.15, 0.2) is 0 Å². The average molecular weight is 421 g/mol. The first-order chi connectivity index (χ1) is 13.8. The summed E-state index contributed by atoms with van der Waals surface area (Å²) in [5, 5.41) is 18.6. The zero-order valence-corrected chi connectivity index (χ0v) is 21.2. The van der Waals surface area contributed by atoms with Gasteiger partial charge in [-0.05, 0) is 48.7 Å². The first-order valence-corrected chi connectivity index (χ1v) is 14.3. The third kappa shape index (κ3) is 11.9. The van der Waals surface area contributed by atoms with Gasteiger partial charge in [0.1, 0.15) is 14.2 Å². The van der Waals surface area contributed by atoms with Gasteiger partial charge in [-0.25, -0.2) is 0 Å². The maximum atomic E-state index is 9.85. The molecule has 0 aliphatic heterocycles. The van der Waals surface area contributed by atoms with Crippen LogP contribution in [0.3, 0.4) is 0 Å². The van der Waals surface area contributed by atoms with Crippen molar-refractivity contribution < 1.29 is 10.2 Å². The van der Waals surface area contributed by atoms with E-state index >= 15 is 0 Å². The van der Waals surface area contributed by atoms with E-state index in [-0.39, 0.29) is 6.61 Å². The third-order valence-electron chi connectivity index (χ3n) is 6.18. The minimum Gasteiger partial charge on any atom is -0.396 e. The van der Waals surface area contributed by atoms with E-state index in [1.807, 2.05) is 0 Å². The van der Waals surface area contributed by atoms with Crippen LogP contribution in [0.5, 0.6) is 0 Å². The fourth-order valence-electron chi connectivity index (χ4n) is 4.49. The van der Waals surface area contributed by atoms with E-state index in [0.29, 0.717) is 0 Å². The summed E-state index contributed by atoms with van der Waals surface area (Å²) in [7, 11) is -1.55. The Kier molecular flexibility index (Phi) is 16.6. The van der Waals surface area contributed by atoms with Crippen molar-refractivity contribution in [3.63, 3.8) is 0 Å². The van der Waals surface area contributed by atoms with Gasteiger partial charge in [-0.3, -0.25) is 0 Å². The van der Waals surface area contributed by atoms with Crippen LogP contribution in [-0.2, 0) is 0 Å². The molecule has 29 heavy (non-hydrogen) atoms. The van der Waals surface area contributed by atoms with Crippen molar-refractivity contribution in [2.75, 3.05) is 6.61 Å². The first kappa shape index (κ1) is 28.3. The molecule has 0 aromatic heterocycles. The first-order valence-electron chi connectivity index (χ1n) is 12.1. The predicted octanol–water partition coefficient (Wildman–Crippen LogP) is 6.86. The highest BCUT2D eigenvalue weighted by atomic mass is 28.3. The van der Waals surface area contributed by atoms with Crippen LogP contribution in [-0.4, -0.2) is 31.0 Å². The molecule has 3 heteroatoms. The molecular weight excluding hydrogens is 372 g/mol. The molecular formula is C26H48O2Si. The molecule has 168 valence electrons. The number of hydrogen-bond donors (Lipinski definition) is 2. The Balaban J connectivity index is 3.93. The normalized spacial score (nSPS) is 12.7. The Hall–Kier alpha value is -0.743. The molecule has 2 N–H and O–H groups in total. The summed E-state index contributed by atoms with van der Waals surface area (Å²) in [6, 6.07) is 0. The summed E-state index contributed by atoms with van der Waals surface area (Å²) >= 11 is 0. The second-order valence-electron chi connectivity index (χ2n) is 9.38. The van der Waals surface area contributed by atoms with Gasteiger partial charge in [0, 0.05) is 19.4 Å². The quantitative estimate of drug-likeness (QED) is 0.183. The SMILES string of the molecule is CC(C)[Si](C#CCCCCCCCCC(O)C#CCCCCO)(C(C)C)C(C)C. The molecule has 0 aliphatic carbocycles. The monoisotopic (exact) mass is 420 g/mol. The summed E-state index contributed by atoms with van der Waals surface area (Å²) in [5.74, 6) is 9.49. The van der Waals surface area contributed by atoms with E-state index in [1.54, 1.807) is 0 Å². The van der Waals surface area contributed by atoms with E-state index in [0.717, 1.165) is 55.1 Å². The molecule has 0 aliphatic rings. The Bertz CT molecular complexity index is 495. The van der Waals surface area contributed by atoms with Gasteiger partial charge < -0.3 is 10.2 Å². The van der Waals surface area contributed by atoms with Gasteiger partial charge in [0.05, 0.1) is 0 Å². The standard InChI is InChI=1S/C26H48O2Si/c1-23(2)29(24(3)4,25(5)6)22-18-14-10-8-7-9-11-15-19-26(28)20-16-12-13-17-21-27/h23-28H,7-15,17,19,21H2,1-6H3. The number of hydrogen-bond acceptors (Lipinski definition) is 2. The van der Waals surface area contributed by atoms with Gasteiger partial charge in [0.15, 0.2) is 0 Å². The maximum absolute atomic E-state index is 9.85.